The molecule has 414 valence electrons. The number of alkyl halides is 1. The number of nitrogens with two attached hydrogens (primary N) is 2. The predicted octanol–water partition coefficient (Wildman–Crippen LogP) is -1.63. The number of amides is 8. The quantitative estimate of drug-likeness (QED) is 0.0243. The van der Waals surface area contributed by atoms with Gasteiger partial charge in [0.05, 0.1) is 31.0 Å². The number of carbonyl (C=O) groups excluding carboxylic acids is 9. The molecule has 2 aromatic rings. The van der Waals surface area contributed by atoms with Crippen LogP contribution in [0.3, 0.4) is 0 Å². The molecule has 1 unspecified atom stereocenters. The number of aliphatic carboxylic acids is 1. The first-order chi connectivity index (χ1) is 36.3. The van der Waals surface area contributed by atoms with Gasteiger partial charge in [-0.3, -0.25) is 52.9 Å². The fraction of sp³-hybridized carbons (Fsp3) is 0.571. The van der Waals surface area contributed by atoms with Crippen molar-refractivity contribution in [1.82, 2.24) is 57.5 Å². The number of guanidine groups is 1. The number of thioether (sulfide) groups is 1. The molecule has 25 nitrogen and oxygen atoms in total. The number of aromatic nitrogens is 3. The van der Waals surface area contributed by atoms with Crippen molar-refractivity contribution in [3.05, 3.63) is 47.3 Å². The zero-order valence-corrected chi connectivity index (χ0v) is 43.3. The van der Waals surface area contributed by atoms with Crippen LogP contribution in [0.4, 0.5) is 4.39 Å². The largest absolute Gasteiger partial charge is 0.481 e. The van der Waals surface area contributed by atoms with Crippen LogP contribution in [-0.2, 0) is 73.0 Å². The van der Waals surface area contributed by atoms with Gasteiger partial charge in [0, 0.05) is 33.0 Å². The van der Waals surface area contributed by atoms with Gasteiger partial charge < -0.3 is 59.1 Å². The second-order valence-corrected chi connectivity index (χ2v) is 19.4. The number of carbonyl (C=O) groups is 10. The lowest BCUT2D eigenvalue weighted by molar-refractivity contribution is -0.141. The van der Waals surface area contributed by atoms with E-state index in [4.69, 9.17) is 17.9 Å². The van der Waals surface area contributed by atoms with Gasteiger partial charge in [0.2, 0.25) is 47.0 Å². The highest BCUT2D eigenvalue weighted by atomic mass is 32.2. The van der Waals surface area contributed by atoms with Crippen molar-refractivity contribution in [1.29, 1.82) is 0 Å². The minimum atomic E-state index is -2.53. The van der Waals surface area contributed by atoms with Crippen LogP contribution < -0.4 is 54.0 Å². The van der Waals surface area contributed by atoms with Crippen molar-refractivity contribution in [3.63, 3.8) is 0 Å². The number of benzene rings is 1. The second-order valence-electron chi connectivity index (χ2n) is 18.3. The lowest BCUT2D eigenvalue weighted by atomic mass is 9.88. The first-order valence-corrected chi connectivity index (χ1v) is 26.1. The number of hydrogen-bond donors (Lipinski definition) is 11. The minimum Gasteiger partial charge on any atom is -0.481 e. The molecule has 1 aromatic heterocycles. The number of aryl methyl sites for hydroxylation is 1. The fourth-order valence-corrected chi connectivity index (χ4v) is 8.86. The molecule has 2 heterocycles. The maximum Gasteiger partial charge on any atom is 0.305 e. The number of unbranched alkanes of at least 4 members (excludes halogenated alkanes) is 2. The average Bonchev–Trinajstić information content (AvgIpc) is 3.78. The van der Waals surface area contributed by atoms with Gasteiger partial charge in [-0.05, 0) is 82.6 Å². The molecule has 0 radical (unpaired) electrons. The highest BCUT2D eigenvalue weighted by molar-refractivity contribution is 8.14. The van der Waals surface area contributed by atoms with Crippen LogP contribution >= 0.6 is 11.8 Å². The van der Waals surface area contributed by atoms with Gasteiger partial charge in [0.25, 0.3) is 5.91 Å². The number of halogens is 1. The van der Waals surface area contributed by atoms with Gasteiger partial charge in [0.15, 0.2) is 11.1 Å². The Morgan fingerprint density at radius 2 is 1.58 bits per heavy atom. The molecule has 1 saturated heterocycles. The van der Waals surface area contributed by atoms with Crippen molar-refractivity contribution >= 4 is 76.1 Å². The first kappa shape index (κ1) is 60.9. The molecule has 0 bridgehead atoms. The summed E-state index contributed by atoms with van der Waals surface area (Å²) in [5.74, 6) is -5.76. The van der Waals surface area contributed by atoms with Crippen molar-refractivity contribution in [2.45, 2.75) is 146 Å². The SMILES string of the molecule is C#CCNC(=O)[C@H](CCCCNC(=O)C1(F)CCCCCc2c1nnn2CCCC[C@@H]1NC(=O)[C@@H](Cc2ccccc2)NC(=O)[C@H](CC(=O)O)NC(=O)CNC(=O)[C@H](CCCN=C(N)N)NC1=O)NC(=O)CSC(C)=O. The number of carboxylic acid groups (broad SMARTS) is 1. The molecule has 1 aromatic carbocycles. The highest BCUT2D eigenvalue weighted by Crippen LogP contribution is 2.36. The molecule has 6 atom stereocenters. The van der Waals surface area contributed by atoms with Crippen LogP contribution in [-0.4, -0.2) is 147 Å². The number of carboxylic acids is 1. The van der Waals surface area contributed by atoms with Gasteiger partial charge >= 0.3 is 5.97 Å². The molecule has 8 amide bonds. The topological polar surface area (TPSA) is 382 Å². The van der Waals surface area contributed by atoms with Crippen LogP contribution in [0, 0.1) is 12.3 Å². The summed E-state index contributed by atoms with van der Waals surface area (Å²) in [4.78, 5) is 134. The van der Waals surface area contributed by atoms with Crippen molar-refractivity contribution < 1.29 is 57.4 Å². The van der Waals surface area contributed by atoms with Crippen LogP contribution in [0.15, 0.2) is 35.3 Å². The number of nitrogens with zero attached hydrogens (tertiary/aromatic N) is 4. The van der Waals surface area contributed by atoms with E-state index in [2.05, 4.69) is 63.8 Å². The van der Waals surface area contributed by atoms with Crippen LogP contribution in [0.2, 0.25) is 0 Å². The fourth-order valence-electron chi connectivity index (χ4n) is 8.44. The average molecular weight is 1080 g/mol. The van der Waals surface area contributed by atoms with Crippen molar-refractivity contribution in [3.8, 4) is 12.3 Å². The Kier molecular flexibility index (Phi) is 25.1. The zero-order chi connectivity index (χ0) is 55.6. The highest BCUT2D eigenvalue weighted by Gasteiger charge is 2.46. The summed E-state index contributed by atoms with van der Waals surface area (Å²) in [5, 5.41) is 38.2. The molecule has 27 heteroatoms. The van der Waals surface area contributed by atoms with Crippen molar-refractivity contribution in [2.24, 2.45) is 16.5 Å². The molecule has 4 rings (SSSR count). The molecular formula is C49H69FN14O11S. The number of rotatable bonds is 24. The summed E-state index contributed by atoms with van der Waals surface area (Å²) >= 11 is 0.796. The molecule has 1 aliphatic heterocycles. The Balaban J connectivity index is 1.51. The standard InChI is InChI=1S/C49H69FN14O11S/c1-3-22-53-42(70)32(57-39(67)29-76-30(2)65)17-9-12-23-54-47(75)49(50)21-11-5-8-20-37-41(49)62-63-64(37)25-13-10-18-34-44(72)59-33(19-14-24-55-48(51)52)43(71)56-28-38(66)58-36(27-40(68)69)46(74)61-35(45(73)60-34)26-31-15-6-4-7-16-31/h1,4,6-7,15-16,32-36H,5,8-14,17-29H2,2H3,(H,53,70)(H,54,75)(H,56,71)(H,57,67)(H,58,66)(H,59,72)(H,60,73)(H,61,74)(H,68,69)(H4,51,52,55)/t32-,33-,34-,35+,36-,49?/m0/s1. The van der Waals surface area contributed by atoms with E-state index in [1.165, 1.54) is 11.6 Å². The predicted molar refractivity (Wildman–Crippen MR) is 276 cm³/mol. The Hall–Kier alpha value is -7.63. The number of fused-ring (bicyclic) bond motifs is 1. The Morgan fingerprint density at radius 3 is 2.28 bits per heavy atom. The Labute approximate surface area is 443 Å². The maximum atomic E-state index is 17.1. The van der Waals surface area contributed by atoms with Crippen LogP contribution in [0.1, 0.15) is 107 Å². The molecule has 0 spiro atoms. The lowest BCUT2D eigenvalue weighted by Gasteiger charge is -2.26. The van der Waals surface area contributed by atoms with Gasteiger partial charge in [-0.1, -0.05) is 59.6 Å². The van der Waals surface area contributed by atoms with E-state index in [1.54, 1.807) is 30.3 Å². The summed E-state index contributed by atoms with van der Waals surface area (Å²) in [6, 6.07) is 1.99. The van der Waals surface area contributed by atoms with Crippen LogP contribution in [0.5, 0.6) is 0 Å². The zero-order valence-electron chi connectivity index (χ0n) is 42.5. The summed E-state index contributed by atoms with van der Waals surface area (Å²) in [6.07, 6.45) is 7.72. The summed E-state index contributed by atoms with van der Waals surface area (Å²) in [7, 11) is 0. The van der Waals surface area contributed by atoms with Gasteiger partial charge in [-0.15, -0.1) is 11.5 Å². The monoisotopic (exact) mass is 1080 g/mol. The maximum absolute atomic E-state index is 17.1. The molecular weight excluding hydrogens is 1010 g/mol. The third-order valence-corrected chi connectivity index (χ3v) is 13.1. The van der Waals surface area contributed by atoms with Gasteiger partial charge in [0.1, 0.15) is 35.9 Å². The Morgan fingerprint density at radius 1 is 0.895 bits per heavy atom. The molecule has 1 aliphatic carbocycles. The van der Waals surface area contributed by atoms with Crippen molar-refractivity contribution in [2.75, 3.05) is 31.9 Å². The molecule has 76 heavy (non-hydrogen) atoms. The number of nitrogens with one attached hydrogen (secondary N) is 8. The number of aliphatic imine (C=N–C) groups is 1. The Bertz CT molecular complexity index is 2450. The van der Waals surface area contributed by atoms with E-state index >= 15 is 4.39 Å². The van der Waals surface area contributed by atoms with Gasteiger partial charge in [-0.2, -0.15) is 0 Å². The van der Waals surface area contributed by atoms with Gasteiger partial charge in [-0.25, -0.2) is 9.07 Å². The smallest absolute Gasteiger partial charge is 0.305 e. The van der Waals surface area contributed by atoms with E-state index in [-0.39, 0.29) is 93.6 Å². The molecule has 2 aliphatic rings. The molecule has 0 saturated carbocycles. The van der Waals surface area contributed by atoms with E-state index in [0.29, 0.717) is 56.2 Å². The van der Waals surface area contributed by atoms with E-state index in [1.807, 2.05) is 0 Å². The third-order valence-electron chi connectivity index (χ3n) is 12.3. The van der Waals surface area contributed by atoms with Crippen LogP contribution in [0.25, 0.3) is 0 Å². The molecule has 13 N–H and O–H groups in total. The minimum absolute atomic E-state index is 0.0136. The normalized spacial score (nSPS) is 20.8. The summed E-state index contributed by atoms with van der Waals surface area (Å²) in [5.41, 5.74) is 9.29. The number of terminal acetylenes is 1. The summed E-state index contributed by atoms with van der Waals surface area (Å²) in [6.45, 7) is 0.849. The molecule has 1 fully saturated rings. The second kappa shape index (κ2) is 31.3. The number of hydrogen-bond acceptors (Lipinski definition) is 14. The van der Waals surface area contributed by atoms with E-state index in [9.17, 15) is 53.1 Å². The summed E-state index contributed by atoms with van der Waals surface area (Å²) < 4.78 is 18.6. The first-order valence-electron chi connectivity index (χ1n) is 25.1. The third kappa shape index (κ3) is 20.2. The van der Waals surface area contributed by atoms with E-state index < -0.39 is 102 Å². The lowest BCUT2D eigenvalue weighted by Crippen LogP contribution is -2.58. The van der Waals surface area contributed by atoms with E-state index in [0.717, 1.165) is 11.8 Å².